The number of hydrogen-bond acceptors (Lipinski definition) is 5. The summed E-state index contributed by atoms with van der Waals surface area (Å²) in [7, 11) is -1.44. The summed E-state index contributed by atoms with van der Waals surface area (Å²) >= 11 is 0. The van der Waals surface area contributed by atoms with Gasteiger partial charge in [-0.2, -0.15) is 0 Å². The molecule has 8 heteroatoms. The zero-order valence-electron chi connectivity index (χ0n) is 19.1. The first kappa shape index (κ1) is 27.1. The number of benzene rings is 3. The summed E-state index contributed by atoms with van der Waals surface area (Å²) in [4.78, 5) is 2.00. The molecule has 0 saturated carbocycles. The molecule has 0 spiro atoms. The van der Waals surface area contributed by atoms with Crippen molar-refractivity contribution in [2.75, 3.05) is 37.8 Å². The van der Waals surface area contributed by atoms with Gasteiger partial charge >= 0.3 is 0 Å². The Balaban J connectivity index is 0.00000385. The number of sulfonamides is 1. The van der Waals surface area contributed by atoms with E-state index in [0.29, 0.717) is 26.1 Å². The molecule has 0 aromatic heterocycles. The van der Waals surface area contributed by atoms with E-state index in [-0.39, 0.29) is 24.2 Å². The highest BCUT2D eigenvalue weighted by Crippen LogP contribution is 2.22. The third-order valence-electron chi connectivity index (χ3n) is 5.77. The van der Waals surface area contributed by atoms with Crippen molar-refractivity contribution in [3.63, 3.8) is 0 Å². The number of hydrogen-bond donors (Lipinski definition) is 3. The van der Waals surface area contributed by atoms with E-state index in [1.165, 1.54) is 0 Å². The minimum absolute atomic E-state index is 0. The van der Waals surface area contributed by atoms with Crippen LogP contribution in [-0.4, -0.2) is 56.9 Å². The van der Waals surface area contributed by atoms with Crippen LogP contribution in [0.2, 0.25) is 0 Å². The first-order valence-electron chi connectivity index (χ1n) is 11.0. The Kier molecular flexibility index (Phi) is 10.6. The van der Waals surface area contributed by atoms with Crippen molar-refractivity contribution >= 4 is 38.9 Å². The van der Waals surface area contributed by atoms with Gasteiger partial charge in [0.15, 0.2) is 0 Å². The fourth-order valence-corrected chi connectivity index (χ4v) is 4.80. The van der Waals surface area contributed by atoms with E-state index >= 15 is 0 Å². The van der Waals surface area contributed by atoms with Crippen molar-refractivity contribution in [3.05, 3.63) is 78.4 Å². The zero-order valence-corrected chi connectivity index (χ0v) is 20.8. The predicted molar refractivity (Wildman–Crippen MR) is 140 cm³/mol. The summed E-state index contributed by atoms with van der Waals surface area (Å²) in [6.07, 6.45) is -0.120. The molecule has 3 aromatic carbocycles. The maximum absolute atomic E-state index is 12.4. The first-order valence-corrected chi connectivity index (χ1v) is 12.6. The third kappa shape index (κ3) is 7.98. The molecule has 2 atom stereocenters. The van der Waals surface area contributed by atoms with Crippen LogP contribution in [0.15, 0.2) is 72.8 Å². The molecule has 0 aliphatic rings. The third-order valence-corrected chi connectivity index (χ3v) is 7.24. The fourth-order valence-electron chi connectivity index (χ4n) is 3.73. The van der Waals surface area contributed by atoms with Gasteiger partial charge in [-0.3, -0.25) is 0 Å². The number of nitrogens with one attached hydrogen (secondary N) is 2. The second kappa shape index (κ2) is 12.9. The number of nitrogens with zero attached hydrogens (tertiary/aromatic N) is 1. The monoisotopic (exact) mass is 491 g/mol. The van der Waals surface area contributed by atoms with E-state index in [9.17, 15) is 13.5 Å². The summed E-state index contributed by atoms with van der Waals surface area (Å²) < 4.78 is 27.4. The lowest BCUT2D eigenvalue weighted by Gasteiger charge is -2.29. The molecule has 0 fully saturated rings. The Morgan fingerprint density at radius 1 is 0.939 bits per heavy atom. The topological polar surface area (TPSA) is 81.7 Å². The van der Waals surface area contributed by atoms with Crippen LogP contribution < -0.4 is 10.0 Å². The largest absolute Gasteiger partial charge is 0.387 e. The molecule has 0 aliphatic heterocycles. The molecule has 2 unspecified atom stereocenters. The summed E-state index contributed by atoms with van der Waals surface area (Å²) in [6, 6.07) is 23.5. The smallest absolute Gasteiger partial charge is 0.211 e. The lowest BCUT2D eigenvalue weighted by Crippen LogP contribution is -2.37. The van der Waals surface area contributed by atoms with Gasteiger partial charge in [-0.15, -0.1) is 12.4 Å². The molecule has 0 saturated heterocycles. The molecule has 0 radical (unpaired) electrons. The van der Waals surface area contributed by atoms with Crippen molar-refractivity contribution in [3.8, 4) is 0 Å². The molecule has 0 amide bonds. The highest BCUT2D eigenvalue weighted by Gasteiger charge is 2.20. The van der Waals surface area contributed by atoms with Gasteiger partial charge in [0.25, 0.3) is 0 Å². The van der Waals surface area contributed by atoms with Crippen LogP contribution in [0.3, 0.4) is 0 Å². The Hall–Kier alpha value is -2.16. The van der Waals surface area contributed by atoms with Crippen molar-refractivity contribution in [1.29, 1.82) is 0 Å². The molecular formula is C25H34ClN3O3S. The molecule has 3 rings (SSSR count). The van der Waals surface area contributed by atoms with E-state index < -0.39 is 16.1 Å². The number of likely N-dealkylation sites (N-methyl/N-ethyl adjacent to an activating group) is 1. The van der Waals surface area contributed by atoms with Gasteiger partial charge in [0.05, 0.1) is 11.9 Å². The van der Waals surface area contributed by atoms with E-state index in [1.807, 2.05) is 79.5 Å². The maximum atomic E-state index is 12.4. The summed E-state index contributed by atoms with van der Waals surface area (Å²) in [5, 5.41) is 16.1. The highest BCUT2D eigenvalue weighted by molar-refractivity contribution is 7.89. The summed E-state index contributed by atoms with van der Waals surface area (Å²) in [6.45, 7) is 3.36. The maximum Gasteiger partial charge on any atom is 0.211 e. The predicted octanol–water partition coefficient (Wildman–Crippen LogP) is 4.04. The number of fused-ring (bicyclic) bond motifs is 1. The Labute approximate surface area is 203 Å². The van der Waals surface area contributed by atoms with E-state index in [0.717, 1.165) is 22.0 Å². The minimum atomic E-state index is -3.35. The average Bonchev–Trinajstić information content (AvgIpc) is 2.81. The van der Waals surface area contributed by atoms with Crippen molar-refractivity contribution < 1.29 is 13.5 Å². The van der Waals surface area contributed by atoms with Gasteiger partial charge in [-0.05, 0) is 44.0 Å². The first-order chi connectivity index (χ1) is 15.4. The van der Waals surface area contributed by atoms with Crippen LogP contribution in [0.25, 0.3) is 10.8 Å². The van der Waals surface area contributed by atoms with Crippen LogP contribution in [-0.2, 0) is 10.0 Å². The summed E-state index contributed by atoms with van der Waals surface area (Å²) in [5.74, 6) is 0.0553. The van der Waals surface area contributed by atoms with Crippen LogP contribution in [0.1, 0.15) is 25.0 Å². The van der Waals surface area contributed by atoms with Gasteiger partial charge in [0, 0.05) is 30.2 Å². The number of halogens is 1. The molecule has 0 bridgehead atoms. The van der Waals surface area contributed by atoms with Gasteiger partial charge in [0.2, 0.25) is 10.0 Å². The zero-order chi connectivity index (χ0) is 23.0. The molecule has 6 nitrogen and oxygen atoms in total. The number of aliphatic hydroxyl groups is 1. The molecule has 0 heterocycles. The summed E-state index contributed by atoms with van der Waals surface area (Å²) in [5.41, 5.74) is 1.86. The van der Waals surface area contributed by atoms with Crippen molar-refractivity contribution in [2.45, 2.75) is 25.5 Å². The molecule has 3 aromatic rings. The molecule has 0 aliphatic carbocycles. The van der Waals surface area contributed by atoms with Crippen LogP contribution >= 0.6 is 12.4 Å². The molecular weight excluding hydrogens is 458 g/mol. The van der Waals surface area contributed by atoms with Gasteiger partial charge < -0.3 is 15.3 Å². The highest BCUT2D eigenvalue weighted by atomic mass is 35.5. The normalized spacial score (nSPS) is 13.5. The van der Waals surface area contributed by atoms with Crippen molar-refractivity contribution in [2.24, 2.45) is 0 Å². The van der Waals surface area contributed by atoms with Crippen LogP contribution in [0.4, 0.5) is 5.69 Å². The van der Waals surface area contributed by atoms with E-state index in [2.05, 4.69) is 22.2 Å². The van der Waals surface area contributed by atoms with Crippen molar-refractivity contribution in [1.82, 2.24) is 9.62 Å². The van der Waals surface area contributed by atoms with E-state index in [1.54, 1.807) is 0 Å². The average molecular weight is 492 g/mol. The lowest BCUT2D eigenvalue weighted by atomic mass is 10.0. The van der Waals surface area contributed by atoms with Gasteiger partial charge in [-0.25, -0.2) is 13.1 Å². The SMILES string of the molecule is CC(C(O)c1ccccc1)N(C)CCCS(=O)(=O)NCCNc1cccc2ccccc12.Cl. The fraction of sp³-hybridized carbons (Fsp3) is 0.360. The molecule has 3 N–H and O–H groups in total. The number of rotatable bonds is 12. The van der Waals surface area contributed by atoms with Crippen LogP contribution in [0, 0.1) is 0 Å². The Morgan fingerprint density at radius 2 is 1.61 bits per heavy atom. The standard InChI is InChI=1S/C25H33N3O3S.ClH/c1-20(25(29)22-11-4-3-5-12-22)28(2)18-9-19-32(30,31)27-17-16-26-24-15-8-13-21-10-6-7-14-23(21)24;/h3-8,10-15,20,25-27,29H,9,16-19H2,1-2H3;1H. The van der Waals surface area contributed by atoms with Gasteiger partial charge in [-0.1, -0.05) is 66.7 Å². The minimum Gasteiger partial charge on any atom is -0.387 e. The molecule has 180 valence electrons. The quantitative estimate of drug-likeness (QED) is 0.333. The lowest BCUT2D eigenvalue weighted by molar-refractivity contribution is 0.0728. The second-order valence-electron chi connectivity index (χ2n) is 8.10. The van der Waals surface area contributed by atoms with Gasteiger partial charge in [0.1, 0.15) is 0 Å². The van der Waals surface area contributed by atoms with Crippen LogP contribution in [0.5, 0.6) is 0 Å². The number of anilines is 1. The Morgan fingerprint density at radius 3 is 2.36 bits per heavy atom. The second-order valence-corrected chi connectivity index (χ2v) is 10.0. The van der Waals surface area contributed by atoms with E-state index in [4.69, 9.17) is 0 Å². The number of aliphatic hydroxyl groups excluding tert-OH is 1. The molecule has 33 heavy (non-hydrogen) atoms. The Bertz CT molecular complexity index is 1090.